The van der Waals surface area contributed by atoms with Crippen molar-refractivity contribution in [2.75, 3.05) is 30.1 Å². The van der Waals surface area contributed by atoms with E-state index in [1.165, 1.54) is 4.90 Å². The molecule has 0 bridgehead atoms. The van der Waals surface area contributed by atoms with Gasteiger partial charge in [-0.3, -0.25) is 4.90 Å². The average Bonchev–Trinajstić information content (AvgIpc) is 2.49. The van der Waals surface area contributed by atoms with Gasteiger partial charge in [0.1, 0.15) is 5.75 Å². The molecule has 2 rings (SSSR count). The van der Waals surface area contributed by atoms with E-state index in [9.17, 15) is 4.79 Å². The van der Waals surface area contributed by atoms with Gasteiger partial charge in [-0.05, 0) is 48.5 Å². The van der Waals surface area contributed by atoms with Gasteiger partial charge < -0.3 is 15.8 Å². The Morgan fingerprint density at radius 3 is 2.25 bits per heavy atom. The van der Waals surface area contributed by atoms with Crippen LogP contribution in [0.1, 0.15) is 0 Å². The smallest absolute Gasteiger partial charge is 0.326 e. The van der Waals surface area contributed by atoms with Crippen molar-refractivity contribution < 1.29 is 9.53 Å². The Hall–Kier alpha value is -2.69. The molecule has 5 heteroatoms. The minimum absolute atomic E-state index is 0.222. The summed E-state index contributed by atoms with van der Waals surface area (Å²) in [6.07, 6.45) is 0. The standard InChI is InChI=1S/C15H17N3O2/c1-18(13-7-9-14(20-2)10-8-13)15(19)17-12-5-3-11(16)4-6-12/h3-10H,16H2,1-2H3,(H,17,19). The summed E-state index contributed by atoms with van der Waals surface area (Å²) in [4.78, 5) is 13.6. The molecule has 3 N–H and O–H groups in total. The fourth-order valence-corrected chi connectivity index (χ4v) is 1.70. The van der Waals surface area contributed by atoms with Crippen molar-refractivity contribution in [1.29, 1.82) is 0 Å². The molecule has 104 valence electrons. The lowest BCUT2D eigenvalue weighted by atomic mass is 10.3. The lowest BCUT2D eigenvalue weighted by Crippen LogP contribution is -2.31. The molecule has 0 radical (unpaired) electrons. The van der Waals surface area contributed by atoms with Crippen LogP contribution in [0.3, 0.4) is 0 Å². The molecule has 5 nitrogen and oxygen atoms in total. The van der Waals surface area contributed by atoms with E-state index in [1.807, 2.05) is 24.3 Å². The summed E-state index contributed by atoms with van der Waals surface area (Å²) >= 11 is 0. The fraction of sp³-hybridized carbons (Fsp3) is 0.133. The molecule has 0 aliphatic carbocycles. The number of rotatable bonds is 3. The third-order valence-electron chi connectivity index (χ3n) is 2.93. The molecule has 0 saturated carbocycles. The van der Waals surface area contributed by atoms with Crippen molar-refractivity contribution in [2.24, 2.45) is 0 Å². The van der Waals surface area contributed by atoms with E-state index in [4.69, 9.17) is 10.5 Å². The van der Waals surface area contributed by atoms with E-state index in [1.54, 1.807) is 38.4 Å². The largest absolute Gasteiger partial charge is 0.497 e. The number of nitrogen functional groups attached to an aromatic ring is 1. The Morgan fingerprint density at radius 2 is 1.70 bits per heavy atom. The molecule has 0 atom stereocenters. The van der Waals surface area contributed by atoms with Gasteiger partial charge in [-0.25, -0.2) is 4.79 Å². The molecule has 0 saturated heterocycles. The van der Waals surface area contributed by atoms with Crippen LogP contribution in [0, 0.1) is 0 Å². The van der Waals surface area contributed by atoms with Gasteiger partial charge in [0.25, 0.3) is 0 Å². The number of nitrogens with zero attached hydrogens (tertiary/aromatic N) is 1. The van der Waals surface area contributed by atoms with E-state index in [2.05, 4.69) is 5.32 Å². The summed E-state index contributed by atoms with van der Waals surface area (Å²) in [6.45, 7) is 0. The first kappa shape index (κ1) is 13.7. The van der Waals surface area contributed by atoms with Gasteiger partial charge in [-0.1, -0.05) is 0 Å². The number of hydrogen-bond acceptors (Lipinski definition) is 3. The molecular formula is C15H17N3O2. The van der Waals surface area contributed by atoms with Gasteiger partial charge in [0.15, 0.2) is 0 Å². The normalized spacial score (nSPS) is 9.90. The number of ether oxygens (including phenoxy) is 1. The van der Waals surface area contributed by atoms with Crippen molar-refractivity contribution in [1.82, 2.24) is 0 Å². The summed E-state index contributed by atoms with van der Waals surface area (Å²) in [5.41, 5.74) is 7.73. The fourth-order valence-electron chi connectivity index (χ4n) is 1.70. The topological polar surface area (TPSA) is 67.6 Å². The first-order valence-corrected chi connectivity index (χ1v) is 6.14. The third-order valence-corrected chi connectivity index (χ3v) is 2.93. The Kier molecular flexibility index (Phi) is 4.10. The summed E-state index contributed by atoms with van der Waals surface area (Å²) in [6, 6.07) is 14.0. The Morgan fingerprint density at radius 1 is 1.10 bits per heavy atom. The average molecular weight is 271 g/mol. The maximum atomic E-state index is 12.1. The van der Waals surface area contributed by atoms with Crippen LogP contribution in [0.15, 0.2) is 48.5 Å². The lowest BCUT2D eigenvalue weighted by Gasteiger charge is -2.18. The van der Waals surface area contributed by atoms with Crippen LogP contribution in [-0.4, -0.2) is 20.2 Å². The zero-order valence-corrected chi connectivity index (χ0v) is 11.5. The van der Waals surface area contributed by atoms with Crippen LogP contribution in [0.4, 0.5) is 21.9 Å². The summed E-state index contributed by atoms with van der Waals surface area (Å²) in [5.74, 6) is 0.751. The van der Waals surface area contributed by atoms with Crippen molar-refractivity contribution in [3.05, 3.63) is 48.5 Å². The zero-order chi connectivity index (χ0) is 14.5. The number of carbonyl (C=O) groups is 1. The van der Waals surface area contributed by atoms with Gasteiger partial charge in [0.2, 0.25) is 0 Å². The van der Waals surface area contributed by atoms with E-state index >= 15 is 0 Å². The predicted octanol–water partition coefficient (Wildman–Crippen LogP) is 2.95. The predicted molar refractivity (Wildman–Crippen MR) is 81.3 cm³/mol. The van der Waals surface area contributed by atoms with E-state index in [0.29, 0.717) is 11.4 Å². The quantitative estimate of drug-likeness (QED) is 0.843. The molecule has 0 aliphatic rings. The van der Waals surface area contributed by atoms with Crippen LogP contribution in [0.2, 0.25) is 0 Å². The molecule has 20 heavy (non-hydrogen) atoms. The number of nitrogens with two attached hydrogens (primary N) is 1. The SMILES string of the molecule is COc1ccc(N(C)C(=O)Nc2ccc(N)cc2)cc1. The van der Waals surface area contributed by atoms with Crippen LogP contribution in [0.5, 0.6) is 5.75 Å². The molecule has 0 fully saturated rings. The van der Waals surface area contributed by atoms with Crippen LogP contribution in [-0.2, 0) is 0 Å². The highest BCUT2D eigenvalue weighted by molar-refractivity contribution is 6.01. The second kappa shape index (κ2) is 5.97. The van der Waals surface area contributed by atoms with E-state index in [-0.39, 0.29) is 6.03 Å². The molecule has 0 spiro atoms. The highest BCUT2D eigenvalue weighted by Crippen LogP contribution is 2.19. The first-order valence-electron chi connectivity index (χ1n) is 6.14. The van der Waals surface area contributed by atoms with Gasteiger partial charge >= 0.3 is 6.03 Å². The minimum Gasteiger partial charge on any atom is -0.497 e. The van der Waals surface area contributed by atoms with Crippen molar-refractivity contribution in [2.45, 2.75) is 0 Å². The monoisotopic (exact) mass is 271 g/mol. The highest BCUT2D eigenvalue weighted by atomic mass is 16.5. The van der Waals surface area contributed by atoms with E-state index < -0.39 is 0 Å². The molecule has 2 aromatic carbocycles. The number of amides is 2. The maximum absolute atomic E-state index is 12.1. The van der Waals surface area contributed by atoms with E-state index in [0.717, 1.165) is 11.4 Å². The maximum Gasteiger partial charge on any atom is 0.326 e. The Balaban J connectivity index is 2.05. The lowest BCUT2D eigenvalue weighted by molar-refractivity contribution is 0.258. The molecule has 2 aromatic rings. The third kappa shape index (κ3) is 3.20. The highest BCUT2D eigenvalue weighted by Gasteiger charge is 2.10. The molecule has 2 amide bonds. The number of nitrogens with one attached hydrogen (secondary N) is 1. The molecule has 0 heterocycles. The number of carbonyl (C=O) groups excluding carboxylic acids is 1. The van der Waals surface area contributed by atoms with Gasteiger partial charge in [0, 0.05) is 24.1 Å². The number of anilines is 3. The summed E-state index contributed by atoms with van der Waals surface area (Å²) in [5, 5.41) is 2.80. The van der Waals surface area contributed by atoms with Crippen molar-refractivity contribution >= 4 is 23.1 Å². The van der Waals surface area contributed by atoms with Gasteiger partial charge in [-0.15, -0.1) is 0 Å². The second-order valence-electron chi connectivity index (χ2n) is 4.31. The first-order chi connectivity index (χ1) is 9.60. The number of methoxy groups -OCH3 is 1. The molecule has 0 unspecified atom stereocenters. The summed E-state index contributed by atoms with van der Waals surface area (Å²) in [7, 11) is 3.31. The zero-order valence-electron chi connectivity index (χ0n) is 11.5. The van der Waals surface area contributed by atoms with Crippen LogP contribution in [0.25, 0.3) is 0 Å². The Bertz CT molecular complexity index is 579. The minimum atomic E-state index is -0.222. The molecule has 0 aliphatic heterocycles. The Labute approximate surface area is 118 Å². The van der Waals surface area contributed by atoms with Crippen molar-refractivity contribution in [3.63, 3.8) is 0 Å². The van der Waals surface area contributed by atoms with Crippen molar-refractivity contribution in [3.8, 4) is 5.75 Å². The van der Waals surface area contributed by atoms with Gasteiger partial charge in [-0.2, -0.15) is 0 Å². The van der Waals surface area contributed by atoms with Crippen LogP contribution >= 0.6 is 0 Å². The number of hydrogen-bond donors (Lipinski definition) is 2. The number of urea groups is 1. The number of benzene rings is 2. The van der Waals surface area contributed by atoms with Crippen LogP contribution < -0.4 is 20.7 Å². The van der Waals surface area contributed by atoms with Gasteiger partial charge in [0.05, 0.1) is 7.11 Å². The second-order valence-corrected chi connectivity index (χ2v) is 4.31. The molecular weight excluding hydrogens is 254 g/mol. The summed E-state index contributed by atoms with van der Waals surface area (Å²) < 4.78 is 5.09. The molecule has 0 aromatic heterocycles.